The van der Waals surface area contributed by atoms with Gasteiger partial charge in [-0.15, -0.1) is 0 Å². The SMILES string of the molecule is COc1ccc(C(=O)N2CCN(C[C@@H](O)C(C)(C)C)CC2)cn1. The number of methoxy groups -OCH3 is 1. The number of aromatic nitrogens is 1. The first kappa shape index (κ1) is 17.7. The Morgan fingerprint density at radius 2 is 1.96 bits per heavy atom. The molecule has 0 bridgehead atoms. The van der Waals surface area contributed by atoms with Crippen molar-refractivity contribution >= 4 is 5.91 Å². The lowest BCUT2D eigenvalue weighted by Crippen LogP contribution is -2.51. The number of amides is 1. The molecule has 6 heteroatoms. The van der Waals surface area contributed by atoms with E-state index in [9.17, 15) is 9.90 Å². The summed E-state index contributed by atoms with van der Waals surface area (Å²) in [5.41, 5.74) is 0.454. The largest absolute Gasteiger partial charge is 0.481 e. The van der Waals surface area contributed by atoms with Gasteiger partial charge in [-0.25, -0.2) is 4.98 Å². The van der Waals surface area contributed by atoms with Crippen LogP contribution in [0.15, 0.2) is 18.3 Å². The average Bonchev–Trinajstić information content (AvgIpc) is 2.54. The third kappa shape index (κ3) is 4.65. The molecule has 6 nitrogen and oxygen atoms in total. The van der Waals surface area contributed by atoms with E-state index < -0.39 is 0 Å². The van der Waals surface area contributed by atoms with Crippen molar-refractivity contribution in [2.45, 2.75) is 26.9 Å². The first-order chi connectivity index (χ1) is 10.8. The maximum atomic E-state index is 12.5. The van der Waals surface area contributed by atoms with E-state index in [4.69, 9.17) is 4.74 Å². The van der Waals surface area contributed by atoms with E-state index in [0.29, 0.717) is 31.1 Å². The Labute approximate surface area is 138 Å². The van der Waals surface area contributed by atoms with Gasteiger partial charge in [-0.3, -0.25) is 9.69 Å². The minimum absolute atomic E-state index is 0.00354. The molecular weight excluding hydrogens is 294 g/mol. The van der Waals surface area contributed by atoms with Gasteiger partial charge in [0.25, 0.3) is 5.91 Å². The molecule has 1 aliphatic heterocycles. The highest BCUT2D eigenvalue weighted by atomic mass is 16.5. The summed E-state index contributed by atoms with van der Waals surface area (Å²) in [5, 5.41) is 10.2. The first-order valence-electron chi connectivity index (χ1n) is 8.01. The standard InChI is InChI=1S/C17H27N3O3/c1-17(2,3)14(21)12-19-7-9-20(10-8-19)16(22)13-5-6-15(23-4)18-11-13/h5-6,11,14,21H,7-10,12H2,1-4H3/t14-/m1/s1. The maximum Gasteiger partial charge on any atom is 0.255 e. The lowest BCUT2D eigenvalue weighted by molar-refractivity contribution is 0.0137. The number of nitrogens with zero attached hydrogens (tertiary/aromatic N) is 3. The number of carbonyl (C=O) groups excluding carboxylic acids is 1. The van der Waals surface area contributed by atoms with Crippen molar-refractivity contribution in [3.05, 3.63) is 23.9 Å². The molecule has 1 aromatic rings. The summed E-state index contributed by atoms with van der Waals surface area (Å²) in [6.07, 6.45) is 1.19. The second kappa shape index (κ2) is 7.27. The topological polar surface area (TPSA) is 65.9 Å². The van der Waals surface area contributed by atoms with Gasteiger partial charge in [0.05, 0.1) is 18.8 Å². The van der Waals surface area contributed by atoms with E-state index >= 15 is 0 Å². The number of ether oxygens (including phenoxy) is 1. The number of β-amino-alcohol motifs (C(OH)–C–C–N with tert-alkyl or cyclic N) is 1. The van der Waals surface area contributed by atoms with Gasteiger partial charge in [-0.1, -0.05) is 20.8 Å². The molecule has 1 aliphatic rings. The molecule has 1 atom stereocenters. The Morgan fingerprint density at radius 1 is 1.30 bits per heavy atom. The third-order valence-corrected chi connectivity index (χ3v) is 4.28. The summed E-state index contributed by atoms with van der Waals surface area (Å²) in [4.78, 5) is 20.6. The predicted molar refractivity (Wildman–Crippen MR) is 88.6 cm³/mol. The maximum absolute atomic E-state index is 12.5. The predicted octanol–water partition coefficient (Wildman–Crippen LogP) is 1.25. The highest BCUT2D eigenvalue weighted by molar-refractivity contribution is 5.94. The molecule has 0 spiro atoms. The Balaban J connectivity index is 1.87. The molecule has 23 heavy (non-hydrogen) atoms. The van der Waals surface area contributed by atoms with E-state index in [0.717, 1.165) is 13.1 Å². The van der Waals surface area contributed by atoms with Crippen molar-refractivity contribution in [3.63, 3.8) is 0 Å². The zero-order valence-electron chi connectivity index (χ0n) is 14.5. The smallest absolute Gasteiger partial charge is 0.255 e. The molecule has 1 amide bonds. The van der Waals surface area contributed by atoms with Crippen LogP contribution in [-0.2, 0) is 0 Å². The summed E-state index contributed by atoms with van der Waals surface area (Å²) in [7, 11) is 1.55. The molecule has 1 N–H and O–H groups in total. The molecular formula is C17H27N3O3. The van der Waals surface area contributed by atoms with Gasteiger partial charge in [0.2, 0.25) is 5.88 Å². The summed E-state index contributed by atoms with van der Waals surface area (Å²) in [5.74, 6) is 0.499. The van der Waals surface area contributed by atoms with E-state index in [1.54, 1.807) is 25.4 Å². The lowest BCUT2D eigenvalue weighted by atomic mass is 9.89. The van der Waals surface area contributed by atoms with Gasteiger partial charge in [-0.2, -0.15) is 0 Å². The molecule has 0 aromatic carbocycles. The quantitative estimate of drug-likeness (QED) is 0.904. The van der Waals surface area contributed by atoms with E-state index in [1.807, 2.05) is 25.7 Å². The number of carbonyl (C=O) groups is 1. The number of hydrogen-bond acceptors (Lipinski definition) is 5. The van der Waals surface area contributed by atoms with Crippen molar-refractivity contribution in [1.82, 2.24) is 14.8 Å². The van der Waals surface area contributed by atoms with Gasteiger partial charge < -0.3 is 14.7 Å². The minimum atomic E-state index is -0.365. The van der Waals surface area contributed by atoms with E-state index in [2.05, 4.69) is 9.88 Å². The third-order valence-electron chi connectivity index (χ3n) is 4.28. The van der Waals surface area contributed by atoms with Crippen LogP contribution in [0.3, 0.4) is 0 Å². The summed E-state index contributed by atoms with van der Waals surface area (Å²) in [6, 6.07) is 3.44. The monoisotopic (exact) mass is 321 g/mol. The van der Waals surface area contributed by atoms with Crippen LogP contribution in [0.1, 0.15) is 31.1 Å². The van der Waals surface area contributed by atoms with Gasteiger partial charge in [0, 0.05) is 45.0 Å². The van der Waals surface area contributed by atoms with E-state index in [1.165, 1.54) is 0 Å². The number of rotatable bonds is 4. The van der Waals surface area contributed by atoms with Crippen LogP contribution in [0.5, 0.6) is 5.88 Å². The Bertz CT molecular complexity index is 517. The fourth-order valence-corrected chi connectivity index (χ4v) is 2.46. The zero-order chi connectivity index (χ0) is 17.0. The van der Waals surface area contributed by atoms with Crippen LogP contribution in [0.2, 0.25) is 0 Å². The zero-order valence-corrected chi connectivity index (χ0v) is 14.5. The van der Waals surface area contributed by atoms with Crippen LogP contribution in [0.25, 0.3) is 0 Å². The van der Waals surface area contributed by atoms with Crippen molar-refractivity contribution < 1.29 is 14.6 Å². The van der Waals surface area contributed by atoms with Crippen LogP contribution >= 0.6 is 0 Å². The van der Waals surface area contributed by atoms with Gasteiger partial charge in [-0.05, 0) is 11.5 Å². The van der Waals surface area contributed by atoms with Crippen molar-refractivity contribution in [2.24, 2.45) is 5.41 Å². The number of aliphatic hydroxyl groups is 1. The second-order valence-corrected chi connectivity index (χ2v) is 7.06. The summed E-state index contributed by atoms with van der Waals surface area (Å²) < 4.78 is 5.01. The lowest BCUT2D eigenvalue weighted by Gasteiger charge is -2.38. The van der Waals surface area contributed by atoms with Crippen molar-refractivity contribution in [3.8, 4) is 5.88 Å². The molecule has 2 rings (SSSR count). The molecule has 0 unspecified atom stereocenters. The molecule has 1 fully saturated rings. The molecule has 0 radical (unpaired) electrons. The summed E-state index contributed by atoms with van der Waals surface area (Å²) in [6.45, 7) is 9.65. The van der Waals surface area contributed by atoms with Crippen LogP contribution in [-0.4, -0.2) is 71.7 Å². The Hall–Kier alpha value is -1.66. The van der Waals surface area contributed by atoms with Crippen molar-refractivity contribution in [2.75, 3.05) is 39.8 Å². The van der Waals surface area contributed by atoms with Gasteiger partial charge in [0.1, 0.15) is 0 Å². The van der Waals surface area contributed by atoms with Crippen LogP contribution < -0.4 is 4.74 Å². The number of hydrogen-bond donors (Lipinski definition) is 1. The minimum Gasteiger partial charge on any atom is -0.481 e. The number of aliphatic hydroxyl groups excluding tert-OH is 1. The molecule has 1 saturated heterocycles. The number of pyridine rings is 1. The second-order valence-electron chi connectivity index (χ2n) is 7.06. The Morgan fingerprint density at radius 3 is 2.43 bits per heavy atom. The highest BCUT2D eigenvalue weighted by Gasteiger charge is 2.27. The number of piperazine rings is 1. The molecule has 128 valence electrons. The average molecular weight is 321 g/mol. The van der Waals surface area contributed by atoms with Gasteiger partial charge in [0.15, 0.2) is 0 Å². The molecule has 1 aromatic heterocycles. The van der Waals surface area contributed by atoms with Crippen LogP contribution in [0.4, 0.5) is 0 Å². The fourth-order valence-electron chi connectivity index (χ4n) is 2.46. The van der Waals surface area contributed by atoms with Crippen LogP contribution in [0, 0.1) is 5.41 Å². The van der Waals surface area contributed by atoms with E-state index in [-0.39, 0.29) is 17.4 Å². The molecule has 0 saturated carbocycles. The molecule has 0 aliphatic carbocycles. The summed E-state index contributed by atoms with van der Waals surface area (Å²) >= 11 is 0. The molecule has 2 heterocycles. The van der Waals surface area contributed by atoms with Gasteiger partial charge >= 0.3 is 0 Å². The first-order valence-corrected chi connectivity index (χ1v) is 8.01. The fraction of sp³-hybridized carbons (Fsp3) is 0.647. The van der Waals surface area contributed by atoms with Crippen molar-refractivity contribution in [1.29, 1.82) is 0 Å². The highest BCUT2D eigenvalue weighted by Crippen LogP contribution is 2.20. The normalized spacial score (nSPS) is 17.9. The Kier molecular flexibility index (Phi) is 5.59.